The first-order valence-corrected chi connectivity index (χ1v) is 11.5. The van der Waals surface area contributed by atoms with Gasteiger partial charge < -0.3 is 0 Å². The molecule has 0 N–H and O–H groups in total. The van der Waals surface area contributed by atoms with Crippen LogP contribution in [-0.2, 0) is 19.7 Å². The van der Waals surface area contributed by atoms with Gasteiger partial charge in [-0.1, -0.05) is 59.0 Å². The van der Waals surface area contributed by atoms with Crippen LogP contribution in [0.2, 0.25) is 0 Å². The monoisotopic (exact) mass is 462 g/mol. The molecule has 3 rings (SSSR count). The second kappa shape index (κ2) is 5.86. The van der Waals surface area contributed by atoms with Crippen molar-refractivity contribution >= 4 is 42.3 Å². The standard InChI is InChI=1S/C16H15IO4S2/c17-12-13-11-16(13,22(18,19)14-7-3-1-4-8-14)23(20,21)15-9-5-2-6-10-15/h1-10,13H,11-12H2. The molecule has 1 atom stereocenters. The molecule has 0 heterocycles. The summed E-state index contributed by atoms with van der Waals surface area (Å²) in [6.45, 7) is 0. The van der Waals surface area contributed by atoms with Gasteiger partial charge in [-0.3, -0.25) is 0 Å². The molecule has 1 fully saturated rings. The maximum atomic E-state index is 13.1. The van der Waals surface area contributed by atoms with Crippen molar-refractivity contribution < 1.29 is 16.8 Å². The Morgan fingerprint density at radius 2 is 1.22 bits per heavy atom. The summed E-state index contributed by atoms with van der Waals surface area (Å²) >= 11 is 2.06. The molecule has 0 spiro atoms. The van der Waals surface area contributed by atoms with Gasteiger partial charge in [0.25, 0.3) is 0 Å². The Hall–Kier alpha value is -0.930. The molecule has 7 heteroatoms. The highest BCUT2D eigenvalue weighted by Crippen LogP contribution is 2.58. The fourth-order valence-electron chi connectivity index (χ4n) is 2.86. The summed E-state index contributed by atoms with van der Waals surface area (Å²) in [6, 6.07) is 15.7. The quantitative estimate of drug-likeness (QED) is 0.506. The largest absolute Gasteiger partial charge is 0.222 e. The molecule has 0 amide bonds. The maximum Gasteiger partial charge on any atom is 0.199 e. The molecule has 2 aromatic rings. The Labute approximate surface area is 149 Å². The van der Waals surface area contributed by atoms with Crippen LogP contribution in [0, 0.1) is 5.92 Å². The molecule has 2 aromatic carbocycles. The van der Waals surface area contributed by atoms with E-state index in [0.717, 1.165) is 0 Å². The van der Waals surface area contributed by atoms with Crippen LogP contribution in [0.5, 0.6) is 0 Å². The maximum absolute atomic E-state index is 13.1. The van der Waals surface area contributed by atoms with Crippen molar-refractivity contribution in [3.8, 4) is 0 Å². The molecule has 0 radical (unpaired) electrons. The number of sulfone groups is 2. The van der Waals surface area contributed by atoms with E-state index in [1.807, 2.05) is 0 Å². The molecule has 122 valence electrons. The second-order valence-electron chi connectivity index (χ2n) is 5.50. The minimum absolute atomic E-state index is 0.0619. The Kier molecular flexibility index (Phi) is 4.31. The van der Waals surface area contributed by atoms with Gasteiger partial charge >= 0.3 is 0 Å². The Bertz CT molecular complexity index is 838. The van der Waals surface area contributed by atoms with Gasteiger partial charge in [0.2, 0.25) is 0 Å². The predicted molar refractivity (Wildman–Crippen MR) is 97.0 cm³/mol. The van der Waals surface area contributed by atoms with Gasteiger partial charge in [-0.15, -0.1) is 0 Å². The van der Waals surface area contributed by atoms with Gasteiger partial charge in [-0.2, -0.15) is 0 Å². The van der Waals surface area contributed by atoms with Crippen molar-refractivity contribution in [1.82, 2.24) is 0 Å². The van der Waals surface area contributed by atoms with Crippen molar-refractivity contribution in [2.24, 2.45) is 5.92 Å². The summed E-state index contributed by atoms with van der Waals surface area (Å²) in [7, 11) is -7.97. The normalized spacial score (nSPS) is 20.1. The molecule has 0 aliphatic heterocycles. The van der Waals surface area contributed by atoms with Crippen LogP contribution in [0.1, 0.15) is 6.42 Å². The number of hydrogen-bond acceptors (Lipinski definition) is 4. The number of alkyl halides is 1. The lowest BCUT2D eigenvalue weighted by molar-refractivity contribution is 0.568. The van der Waals surface area contributed by atoms with Crippen LogP contribution in [0.15, 0.2) is 70.5 Å². The molecule has 1 saturated carbocycles. The van der Waals surface area contributed by atoms with Gasteiger partial charge in [-0.05, 0) is 30.7 Å². The Morgan fingerprint density at radius 1 is 0.826 bits per heavy atom. The first kappa shape index (κ1) is 16.9. The fourth-order valence-corrected chi connectivity index (χ4v) is 9.97. The summed E-state index contributed by atoms with van der Waals surface area (Å²) in [5.41, 5.74) is 0. The minimum atomic E-state index is -3.99. The molecule has 0 aromatic heterocycles. The highest BCUT2D eigenvalue weighted by atomic mass is 127. The summed E-state index contributed by atoms with van der Waals surface area (Å²) in [5, 5.41) is 0. The molecular formula is C16H15IO4S2. The van der Waals surface area contributed by atoms with Crippen LogP contribution < -0.4 is 0 Å². The van der Waals surface area contributed by atoms with Gasteiger partial charge in [0.1, 0.15) is 0 Å². The van der Waals surface area contributed by atoms with E-state index in [0.29, 0.717) is 4.43 Å². The van der Waals surface area contributed by atoms with Gasteiger partial charge in [0, 0.05) is 10.3 Å². The lowest BCUT2D eigenvalue weighted by Gasteiger charge is -2.19. The van der Waals surface area contributed by atoms with Crippen molar-refractivity contribution in [3.05, 3.63) is 60.7 Å². The fraction of sp³-hybridized carbons (Fsp3) is 0.250. The smallest absolute Gasteiger partial charge is 0.199 e. The van der Waals surface area contributed by atoms with E-state index < -0.39 is 29.7 Å². The highest BCUT2D eigenvalue weighted by Gasteiger charge is 2.72. The SMILES string of the molecule is O=S(=O)(c1ccccc1)C1(S(=O)(=O)c2ccccc2)CC1CI. The summed E-state index contributed by atoms with van der Waals surface area (Å²) in [4.78, 5) is 0.124. The van der Waals surface area contributed by atoms with E-state index in [1.54, 1.807) is 36.4 Å². The van der Waals surface area contributed by atoms with Crippen molar-refractivity contribution in [1.29, 1.82) is 0 Å². The van der Waals surface area contributed by atoms with Crippen LogP contribution in [0.4, 0.5) is 0 Å². The lowest BCUT2D eigenvalue weighted by Crippen LogP contribution is -2.35. The average molecular weight is 462 g/mol. The molecule has 1 unspecified atom stereocenters. The van der Waals surface area contributed by atoms with Crippen LogP contribution in [0.3, 0.4) is 0 Å². The highest BCUT2D eigenvalue weighted by molar-refractivity contribution is 14.1. The topological polar surface area (TPSA) is 68.3 Å². The van der Waals surface area contributed by atoms with Crippen LogP contribution in [-0.4, -0.2) is 25.3 Å². The van der Waals surface area contributed by atoms with E-state index in [-0.39, 0.29) is 16.2 Å². The van der Waals surface area contributed by atoms with Gasteiger partial charge in [0.05, 0.1) is 9.79 Å². The zero-order chi connectivity index (χ0) is 16.7. The molecule has 4 nitrogen and oxygen atoms in total. The number of hydrogen-bond donors (Lipinski definition) is 0. The predicted octanol–water partition coefficient (Wildman–Crippen LogP) is 3.09. The van der Waals surface area contributed by atoms with E-state index >= 15 is 0 Å². The molecule has 1 aliphatic carbocycles. The number of halogens is 1. The van der Waals surface area contributed by atoms with E-state index in [2.05, 4.69) is 22.6 Å². The van der Waals surface area contributed by atoms with Crippen molar-refractivity contribution in [2.75, 3.05) is 4.43 Å². The summed E-state index contributed by atoms with van der Waals surface area (Å²) in [6.07, 6.45) is 0.143. The third-order valence-corrected chi connectivity index (χ3v) is 11.2. The van der Waals surface area contributed by atoms with Gasteiger partial charge in [0.15, 0.2) is 23.8 Å². The minimum Gasteiger partial charge on any atom is -0.222 e. The van der Waals surface area contributed by atoms with E-state index in [1.165, 1.54) is 24.3 Å². The first-order chi connectivity index (χ1) is 10.9. The third-order valence-electron chi connectivity index (χ3n) is 4.20. The Balaban J connectivity index is 2.21. The van der Waals surface area contributed by atoms with E-state index in [4.69, 9.17) is 0 Å². The second-order valence-corrected chi connectivity index (χ2v) is 11.1. The van der Waals surface area contributed by atoms with Crippen LogP contribution >= 0.6 is 22.6 Å². The zero-order valence-corrected chi connectivity index (χ0v) is 15.9. The number of rotatable bonds is 5. The van der Waals surface area contributed by atoms with E-state index in [9.17, 15) is 16.8 Å². The Morgan fingerprint density at radius 3 is 1.52 bits per heavy atom. The molecule has 1 aliphatic rings. The molecule has 0 saturated heterocycles. The molecule has 23 heavy (non-hydrogen) atoms. The molecule has 0 bridgehead atoms. The molecular weight excluding hydrogens is 447 g/mol. The number of benzene rings is 2. The van der Waals surface area contributed by atoms with Crippen LogP contribution in [0.25, 0.3) is 0 Å². The van der Waals surface area contributed by atoms with Gasteiger partial charge in [-0.25, -0.2) is 16.8 Å². The summed E-state index contributed by atoms with van der Waals surface area (Å²) in [5.74, 6) is -0.390. The summed E-state index contributed by atoms with van der Waals surface area (Å²) < 4.78 is 51.2. The average Bonchev–Trinajstić information content (AvgIpc) is 3.34. The van der Waals surface area contributed by atoms with Crippen molar-refractivity contribution in [2.45, 2.75) is 20.3 Å². The third kappa shape index (κ3) is 2.44. The van der Waals surface area contributed by atoms with Crippen molar-refractivity contribution in [3.63, 3.8) is 0 Å². The lowest BCUT2D eigenvalue weighted by atomic mass is 10.4. The first-order valence-electron chi connectivity index (χ1n) is 7.03. The zero-order valence-electron chi connectivity index (χ0n) is 12.1.